The molecule has 0 radical (unpaired) electrons. The van der Waals surface area contributed by atoms with E-state index >= 15 is 0 Å². The summed E-state index contributed by atoms with van der Waals surface area (Å²) in [5, 5.41) is 7.35. The van der Waals surface area contributed by atoms with E-state index in [1.54, 1.807) is 21.9 Å². The highest BCUT2D eigenvalue weighted by Gasteiger charge is 2.37. The minimum absolute atomic E-state index is 0.0184. The van der Waals surface area contributed by atoms with E-state index in [4.69, 9.17) is 0 Å². The first-order valence-electron chi connectivity index (χ1n) is 12.7. The second-order valence-electron chi connectivity index (χ2n) is 10.0. The summed E-state index contributed by atoms with van der Waals surface area (Å²) in [5.74, 6) is 0.150. The molecule has 1 aromatic carbocycles. The molecule has 10 nitrogen and oxygen atoms in total. The predicted octanol–water partition coefficient (Wildman–Crippen LogP) is 2.31. The average molecular weight is 520 g/mol. The first-order valence-corrected chi connectivity index (χ1v) is 13.5. The molecule has 11 heteroatoms. The number of benzene rings is 1. The quantitative estimate of drug-likeness (QED) is 0.568. The van der Waals surface area contributed by atoms with Gasteiger partial charge >= 0.3 is 6.03 Å². The van der Waals surface area contributed by atoms with Crippen LogP contribution in [0.15, 0.2) is 53.3 Å². The van der Waals surface area contributed by atoms with Crippen molar-refractivity contribution < 1.29 is 9.59 Å². The third-order valence-electron chi connectivity index (χ3n) is 7.59. The molecule has 3 aliphatic heterocycles. The summed E-state index contributed by atoms with van der Waals surface area (Å²) >= 11 is 1.03. The third kappa shape index (κ3) is 4.88. The minimum atomic E-state index is -0.255. The van der Waals surface area contributed by atoms with Crippen LogP contribution in [0.2, 0.25) is 0 Å². The number of piperidine rings is 1. The van der Waals surface area contributed by atoms with E-state index in [9.17, 15) is 14.4 Å². The number of hydrogen-bond donors (Lipinski definition) is 1. The highest BCUT2D eigenvalue weighted by atomic mass is 32.1. The smallest absolute Gasteiger partial charge is 0.322 e. The van der Waals surface area contributed by atoms with E-state index < -0.39 is 0 Å². The predicted molar refractivity (Wildman–Crippen MR) is 140 cm³/mol. The minimum Gasteiger partial charge on any atom is -0.335 e. The van der Waals surface area contributed by atoms with Crippen molar-refractivity contribution in [1.82, 2.24) is 28.9 Å². The molecular formula is C26H29N7O3S. The van der Waals surface area contributed by atoms with Crippen LogP contribution in [0.1, 0.15) is 34.1 Å². The van der Waals surface area contributed by atoms with Gasteiger partial charge in [0.25, 0.3) is 11.5 Å². The van der Waals surface area contributed by atoms with Gasteiger partial charge in [0.2, 0.25) is 0 Å². The molecular weight excluding hydrogens is 490 g/mol. The number of likely N-dealkylation sites (tertiary alicyclic amines) is 1. The van der Waals surface area contributed by atoms with Crippen LogP contribution < -0.4 is 10.9 Å². The van der Waals surface area contributed by atoms with Crippen molar-refractivity contribution in [2.45, 2.75) is 25.4 Å². The van der Waals surface area contributed by atoms with Crippen molar-refractivity contribution in [2.75, 3.05) is 44.6 Å². The van der Waals surface area contributed by atoms with E-state index in [0.717, 1.165) is 43.3 Å². The standard InChI is InChI=1S/C26H29N7O3S/c34-22-8-4-7-21-20-13-19(16-33(21)22)15-32(17-20)26(36)27-24-23(28-29-37-24)25(35)31-11-9-30(10-12-31)14-18-5-2-1-3-6-18/h1-8,19-20H,9-17H2,(H,27,36)/t19-,20-/m0/s1. The van der Waals surface area contributed by atoms with Gasteiger partial charge in [0.15, 0.2) is 10.7 Å². The Balaban J connectivity index is 1.08. The Morgan fingerprint density at radius 3 is 2.57 bits per heavy atom. The van der Waals surface area contributed by atoms with Crippen molar-refractivity contribution >= 4 is 28.5 Å². The lowest BCUT2D eigenvalue weighted by Gasteiger charge is -2.42. The second kappa shape index (κ2) is 10.1. The Labute approximate surface area is 218 Å². The number of urea groups is 1. The molecule has 0 unspecified atom stereocenters. The first-order chi connectivity index (χ1) is 18.0. The Morgan fingerprint density at radius 2 is 1.76 bits per heavy atom. The van der Waals surface area contributed by atoms with Crippen LogP contribution in [0, 0.1) is 5.92 Å². The third-order valence-corrected chi connectivity index (χ3v) is 8.23. The van der Waals surface area contributed by atoms with Gasteiger partial charge in [-0.05, 0) is 24.0 Å². The summed E-state index contributed by atoms with van der Waals surface area (Å²) in [6, 6.07) is 15.4. The molecule has 1 N–H and O–H groups in total. The van der Waals surface area contributed by atoms with Crippen LogP contribution in [0.4, 0.5) is 9.80 Å². The fraction of sp³-hybridized carbons (Fsp3) is 0.423. The zero-order valence-electron chi connectivity index (χ0n) is 20.5. The normalized spacial score (nSPS) is 21.4. The lowest BCUT2D eigenvalue weighted by Crippen LogP contribution is -2.50. The molecule has 2 atom stereocenters. The Kier molecular flexibility index (Phi) is 6.47. The van der Waals surface area contributed by atoms with Gasteiger partial charge in [-0.25, -0.2) is 4.79 Å². The van der Waals surface area contributed by atoms with Crippen LogP contribution in [-0.2, 0) is 13.1 Å². The number of fused-ring (bicyclic) bond motifs is 4. The molecule has 2 bridgehead atoms. The topological polar surface area (TPSA) is 104 Å². The molecule has 37 heavy (non-hydrogen) atoms. The molecule has 2 saturated heterocycles. The van der Waals surface area contributed by atoms with Crippen LogP contribution in [0.5, 0.6) is 0 Å². The maximum atomic E-state index is 13.2. The van der Waals surface area contributed by atoms with Crippen molar-refractivity contribution in [3.63, 3.8) is 0 Å². The van der Waals surface area contributed by atoms with Gasteiger partial charge < -0.3 is 14.4 Å². The summed E-state index contributed by atoms with van der Waals surface area (Å²) in [6.45, 7) is 5.35. The van der Waals surface area contributed by atoms with E-state index in [1.807, 2.05) is 28.8 Å². The average Bonchev–Trinajstić information content (AvgIpc) is 3.38. The van der Waals surface area contributed by atoms with Gasteiger partial charge in [-0.3, -0.25) is 19.8 Å². The number of piperazine rings is 1. The Bertz CT molecular complexity index is 1350. The molecule has 0 saturated carbocycles. The van der Waals surface area contributed by atoms with Gasteiger partial charge in [-0.2, -0.15) is 0 Å². The molecule has 3 amide bonds. The van der Waals surface area contributed by atoms with Crippen LogP contribution >= 0.6 is 11.5 Å². The summed E-state index contributed by atoms with van der Waals surface area (Å²) in [6.07, 6.45) is 0.968. The highest BCUT2D eigenvalue weighted by molar-refractivity contribution is 7.10. The maximum Gasteiger partial charge on any atom is 0.322 e. The number of hydrogen-bond acceptors (Lipinski definition) is 7. The van der Waals surface area contributed by atoms with E-state index in [-0.39, 0.29) is 35.0 Å². The fourth-order valence-corrected chi connectivity index (χ4v) is 6.30. The number of carbonyl (C=O) groups is 2. The fourth-order valence-electron chi connectivity index (χ4n) is 5.75. The molecule has 5 heterocycles. The zero-order chi connectivity index (χ0) is 25.4. The molecule has 192 valence electrons. The van der Waals surface area contributed by atoms with Crippen molar-refractivity contribution in [3.8, 4) is 0 Å². The molecule has 2 fully saturated rings. The monoisotopic (exact) mass is 519 g/mol. The van der Waals surface area contributed by atoms with Gasteiger partial charge in [0.1, 0.15) is 0 Å². The molecule has 2 aromatic heterocycles. The number of amides is 3. The Morgan fingerprint density at radius 1 is 0.946 bits per heavy atom. The lowest BCUT2D eigenvalue weighted by atomic mass is 9.83. The zero-order valence-corrected chi connectivity index (χ0v) is 21.3. The van der Waals surface area contributed by atoms with Crippen LogP contribution in [0.25, 0.3) is 0 Å². The number of pyridine rings is 1. The molecule has 0 spiro atoms. The number of carbonyl (C=O) groups excluding carboxylic acids is 2. The number of anilines is 1. The van der Waals surface area contributed by atoms with Crippen LogP contribution in [-0.4, -0.2) is 80.1 Å². The lowest BCUT2D eigenvalue weighted by molar-refractivity contribution is 0.0623. The van der Waals surface area contributed by atoms with Gasteiger partial charge in [0, 0.05) is 81.6 Å². The summed E-state index contributed by atoms with van der Waals surface area (Å²) < 4.78 is 5.81. The van der Waals surface area contributed by atoms with Crippen LogP contribution in [0.3, 0.4) is 0 Å². The highest BCUT2D eigenvalue weighted by Crippen LogP contribution is 2.35. The number of nitrogens with one attached hydrogen (secondary N) is 1. The van der Waals surface area contributed by atoms with Gasteiger partial charge in [-0.1, -0.05) is 40.9 Å². The Hall–Kier alpha value is -3.57. The largest absolute Gasteiger partial charge is 0.335 e. The molecule has 3 aromatic rings. The summed E-state index contributed by atoms with van der Waals surface area (Å²) in [7, 11) is 0. The van der Waals surface area contributed by atoms with Crippen molar-refractivity contribution in [1.29, 1.82) is 0 Å². The van der Waals surface area contributed by atoms with Crippen molar-refractivity contribution in [3.05, 3.63) is 75.8 Å². The molecule has 3 aliphatic rings. The maximum absolute atomic E-state index is 13.2. The van der Waals surface area contributed by atoms with E-state index in [2.05, 4.69) is 31.9 Å². The SMILES string of the molecule is O=C(Nc1snnc1C(=O)N1CCN(Cc2ccccc2)CC1)N1C[C@@H]2C[C@@H](C1)c1cccc(=O)n1C2. The van der Waals surface area contributed by atoms with Gasteiger partial charge in [-0.15, -0.1) is 5.10 Å². The van der Waals surface area contributed by atoms with Gasteiger partial charge in [0.05, 0.1) is 0 Å². The van der Waals surface area contributed by atoms with E-state index in [1.165, 1.54) is 5.56 Å². The number of aromatic nitrogens is 3. The molecule has 6 rings (SSSR count). The first kappa shape index (κ1) is 23.8. The van der Waals surface area contributed by atoms with Crippen molar-refractivity contribution in [2.24, 2.45) is 5.92 Å². The number of rotatable bonds is 4. The summed E-state index contributed by atoms with van der Waals surface area (Å²) in [5.41, 5.74) is 2.46. The van der Waals surface area contributed by atoms with E-state index in [0.29, 0.717) is 37.7 Å². The number of nitrogens with zero attached hydrogens (tertiary/aromatic N) is 6. The summed E-state index contributed by atoms with van der Waals surface area (Å²) in [4.78, 5) is 44.6. The molecule has 0 aliphatic carbocycles. The second-order valence-corrected chi connectivity index (χ2v) is 10.8.